The molecule has 0 aliphatic carbocycles. The standard InChI is InChI=1S/C13H18ClN3O/c14-9-4-5-12(11(7-9)13(16)18)17-6-2-1-3-10(17)8-15/h4-5,7,10H,1-3,6,8,15H2,(H2,16,18). The van der Waals surface area contributed by atoms with Gasteiger partial charge >= 0.3 is 0 Å². The Balaban J connectivity index is 2.39. The van der Waals surface area contributed by atoms with E-state index < -0.39 is 5.91 Å². The van der Waals surface area contributed by atoms with Crippen LogP contribution in [0.5, 0.6) is 0 Å². The van der Waals surface area contributed by atoms with Gasteiger partial charge in [-0.1, -0.05) is 11.6 Å². The molecule has 5 heteroatoms. The number of primary amides is 1. The molecule has 1 amide bonds. The van der Waals surface area contributed by atoms with Crippen LogP contribution < -0.4 is 16.4 Å². The van der Waals surface area contributed by atoms with Gasteiger partial charge in [0.15, 0.2) is 0 Å². The lowest BCUT2D eigenvalue weighted by molar-refractivity contribution is 0.100. The molecule has 0 aromatic heterocycles. The van der Waals surface area contributed by atoms with Crippen LogP contribution in [0.4, 0.5) is 5.69 Å². The first-order valence-electron chi connectivity index (χ1n) is 6.19. The minimum Gasteiger partial charge on any atom is -0.367 e. The number of carbonyl (C=O) groups is 1. The number of rotatable bonds is 3. The zero-order chi connectivity index (χ0) is 13.1. The number of hydrogen-bond donors (Lipinski definition) is 2. The van der Waals surface area contributed by atoms with Crippen LogP contribution in [0.1, 0.15) is 29.6 Å². The molecule has 0 bridgehead atoms. The number of nitrogens with zero attached hydrogens (tertiary/aromatic N) is 1. The normalized spacial score (nSPS) is 19.9. The number of halogens is 1. The first-order valence-corrected chi connectivity index (χ1v) is 6.57. The van der Waals surface area contributed by atoms with Crippen molar-refractivity contribution in [1.29, 1.82) is 0 Å². The molecule has 1 heterocycles. The average Bonchev–Trinajstić information content (AvgIpc) is 2.38. The van der Waals surface area contributed by atoms with Crippen molar-refractivity contribution in [2.24, 2.45) is 11.5 Å². The molecule has 4 N–H and O–H groups in total. The SMILES string of the molecule is NCC1CCCCN1c1ccc(Cl)cc1C(N)=O. The van der Waals surface area contributed by atoms with Crippen LogP contribution in [-0.2, 0) is 0 Å². The van der Waals surface area contributed by atoms with Gasteiger partial charge in [-0.15, -0.1) is 0 Å². The van der Waals surface area contributed by atoms with Gasteiger partial charge < -0.3 is 16.4 Å². The molecule has 4 nitrogen and oxygen atoms in total. The monoisotopic (exact) mass is 267 g/mol. The van der Waals surface area contributed by atoms with E-state index in [0.29, 0.717) is 17.1 Å². The fourth-order valence-electron chi connectivity index (χ4n) is 2.52. The molecule has 18 heavy (non-hydrogen) atoms. The van der Waals surface area contributed by atoms with Crippen LogP contribution in [0.3, 0.4) is 0 Å². The Morgan fingerprint density at radius 2 is 2.22 bits per heavy atom. The van der Waals surface area contributed by atoms with E-state index in [4.69, 9.17) is 23.1 Å². The summed E-state index contributed by atoms with van der Waals surface area (Å²) in [6, 6.07) is 5.54. The Bertz CT molecular complexity index is 450. The minimum absolute atomic E-state index is 0.276. The van der Waals surface area contributed by atoms with E-state index in [1.54, 1.807) is 12.1 Å². The van der Waals surface area contributed by atoms with Gasteiger partial charge in [0.2, 0.25) is 0 Å². The zero-order valence-corrected chi connectivity index (χ0v) is 11.0. The molecule has 0 spiro atoms. The maximum absolute atomic E-state index is 11.5. The molecule has 1 aromatic rings. The van der Waals surface area contributed by atoms with Crippen LogP contribution in [0.15, 0.2) is 18.2 Å². The topological polar surface area (TPSA) is 72.3 Å². The Morgan fingerprint density at radius 1 is 1.44 bits per heavy atom. The molecule has 1 aromatic carbocycles. The molecule has 1 aliphatic rings. The van der Waals surface area contributed by atoms with Crippen molar-refractivity contribution in [3.8, 4) is 0 Å². The number of nitrogens with two attached hydrogens (primary N) is 2. The second-order valence-corrected chi connectivity index (χ2v) is 5.04. The highest BCUT2D eigenvalue weighted by atomic mass is 35.5. The fourth-order valence-corrected chi connectivity index (χ4v) is 2.69. The lowest BCUT2D eigenvalue weighted by atomic mass is 9.99. The van der Waals surface area contributed by atoms with Crippen LogP contribution in [0.25, 0.3) is 0 Å². The van der Waals surface area contributed by atoms with Crippen molar-refractivity contribution < 1.29 is 4.79 Å². The van der Waals surface area contributed by atoms with Crippen molar-refractivity contribution >= 4 is 23.2 Å². The Hall–Kier alpha value is -1.26. The van der Waals surface area contributed by atoms with Crippen molar-refractivity contribution in [3.05, 3.63) is 28.8 Å². The Kier molecular flexibility index (Phi) is 4.09. The predicted molar refractivity (Wildman–Crippen MR) is 74.0 cm³/mol. The van der Waals surface area contributed by atoms with Crippen LogP contribution in [-0.4, -0.2) is 25.0 Å². The number of piperidine rings is 1. The molecule has 1 aliphatic heterocycles. The van der Waals surface area contributed by atoms with E-state index in [1.165, 1.54) is 6.42 Å². The van der Waals surface area contributed by atoms with Crippen LogP contribution in [0, 0.1) is 0 Å². The van der Waals surface area contributed by atoms with E-state index in [2.05, 4.69) is 4.90 Å². The number of benzene rings is 1. The highest BCUT2D eigenvalue weighted by Crippen LogP contribution is 2.29. The summed E-state index contributed by atoms with van der Waals surface area (Å²) in [5, 5.41) is 0.522. The highest BCUT2D eigenvalue weighted by molar-refractivity contribution is 6.31. The van der Waals surface area contributed by atoms with Gasteiger partial charge in [0.25, 0.3) is 5.91 Å². The predicted octanol–water partition coefficient (Wildman–Crippen LogP) is 1.76. The van der Waals surface area contributed by atoms with Gasteiger partial charge in [-0.25, -0.2) is 0 Å². The molecular weight excluding hydrogens is 250 g/mol. The van der Waals surface area contributed by atoms with Crippen molar-refractivity contribution in [2.75, 3.05) is 18.0 Å². The molecule has 0 radical (unpaired) electrons. The largest absolute Gasteiger partial charge is 0.367 e. The number of carbonyl (C=O) groups excluding carboxylic acids is 1. The third-order valence-electron chi connectivity index (χ3n) is 3.43. The van der Waals surface area contributed by atoms with E-state index >= 15 is 0 Å². The summed E-state index contributed by atoms with van der Waals surface area (Å²) in [4.78, 5) is 13.7. The quantitative estimate of drug-likeness (QED) is 0.876. The van der Waals surface area contributed by atoms with E-state index in [-0.39, 0.29) is 6.04 Å². The van der Waals surface area contributed by atoms with Gasteiger partial charge in [-0.2, -0.15) is 0 Å². The summed E-state index contributed by atoms with van der Waals surface area (Å²) in [6.07, 6.45) is 3.34. The molecular formula is C13H18ClN3O. The van der Waals surface area contributed by atoms with Crippen molar-refractivity contribution in [2.45, 2.75) is 25.3 Å². The smallest absolute Gasteiger partial charge is 0.250 e. The van der Waals surface area contributed by atoms with E-state index in [1.807, 2.05) is 6.07 Å². The second kappa shape index (κ2) is 5.59. The summed E-state index contributed by atoms with van der Waals surface area (Å²) in [5.74, 6) is -0.450. The number of hydrogen-bond acceptors (Lipinski definition) is 3. The van der Waals surface area contributed by atoms with Gasteiger partial charge in [0.1, 0.15) is 0 Å². The fraction of sp³-hybridized carbons (Fsp3) is 0.462. The average molecular weight is 268 g/mol. The number of anilines is 1. The van der Waals surface area contributed by atoms with Crippen LogP contribution in [0.2, 0.25) is 5.02 Å². The maximum Gasteiger partial charge on any atom is 0.250 e. The summed E-state index contributed by atoms with van der Waals surface area (Å²) >= 11 is 5.92. The Labute approximate surface area is 112 Å². The third kappa shape index (κ3) is 2.60. The number of amides is 1. The summed E-state index contributed by atoms with van der Waals surface area (Å²) < 4.78 is 0. The van der Waals surface area contributed by atoms with Crippen molar-refractivity contribution in [1.82, 2.24) is 0 Å². The lowest BCUT2D eigenvalue weighted by Crippen LogP contribution is -2.45. The van der Waals surface area contributed by atoms with E-state index in [9.17, 15) is 4.79 Å². The van der Waals surface area contributed by atoms with E-state index in [0.717, 1.165) is 25.1 Å². The zero-order valence-electron chi connectivity index (χ0n) is 10.2. The minimum atomic E-state index is -0.450. The second-order valence-electron chi connectivity index (χ2n) is 4.60. The molecule has 1 fully saturated rings. The summed E-state index contributed by atoms with van der Waals surface area (Å²) in [7, 11) is 0. The van der Waals surface area contributed by atoms with Gasteiger partial charge in [0.05, 0.1) is 5.56 Å². The first-order chi connectivity index (χ1) is 8.63. The molecule has 2 rings (SSSR count). The molecule has 1 unspecified atom stereocenters. The first kappa shape index (κ1) is 13.2. The summed E-state index contributed by atoms with van der Waals surface area (Å²) in [6.45, 7) is 1.49. The van der Waals surface area contributed by atoms with Crippen LogP contribution >= 0.6 is 11.6 Å². The lowest BCUT2D eigenvalue weighted by Gasteiger charge is -2.37. The molecule has 1 atom stereocenters. The maximum atomic E-state index is 11.5. The van der Waals surface area contributed by atoms with Gasteiger partial charge in [-0.3, -0.25) is 4.79 Å². The summed E-state index contributed by atoms with van der Waals surface area (Å²) in [5.41, 5.74) is 12.5. The molecule has 0 saturated carbocycles. The molecule has 98 valence electrons. The van der Waals surface area contributed by atoms with Crippen molar-refractivity contribution in [3.63, 3.8) is 0 Å². The molecule has 1 saturated heterocycles. The third-order valence-corrected chi connectivity index (χ3v) is 3.67. The Morgan fingerprint density at radius 3 is 2.89 bits per heavy atom. The van der Waals surface area contributed by atoms with Gasteiger partial charge in [-0.05, 0) is 37.5 Å². The highest BCUT2D eigenvalue weighted by Gasteiger charge is 2.24. The van der Waals surface area contributed by atoms with Gasteiger partial charge in [0, 0.05) is 29.8 Å².